The Labute approximate surface area is 97.6 Å². The van der Waals surface area contributed by atoms with Crippen molar-refractivity contribution in [1.29, 1.82) is 0 Å². The Kier molecular flexibility index (Phi) is 5.62. The molecule has 0 saturated carbocycles. The monoisotopic (exact) mass is 220 g/mol. The van der Waals surface area contributed by atoms with Gasteiger partial charge in [-0.25, -0.2) is 0 Å². The van der Waals surface area contributed by atoms with Crippen molar-refractivity contribution in [3.63, 3.8) is 0 Å². The molecule has 2 heteroatoms. The summed E-state index contributed by atoms with van der Waals surface area (Å²) < 4.78 is 5.19. The summed E-state index contributed by atoms with van der Waals surface area (Å²) in [5.74, 6) is -0.0880. The van der Waals surface area contributed by atoms with Crippen LogP contribution in [0.25, 0.3) is 0 Å². The Morgan fingerprint density at radius 2 is 2.12 bits per heavy atom. The zero-order valence-corrected chi connectivity index (χ0v) is 10.2. The van der Waals surface area contributed by atoms with Crippen LogP contribution in [0.15, 0.2) is 24.3 Å². The van der Waals surface area contributed by atoms with Crippen molar-refractivity contribution in [3.8, 4) is 0 Å². The van der Waals surface area contributed by atoms with E-state index in [0.717, 1.165) is 24.8 Å². The van der Waals surface area contributed by atoms with E-state index < -0.39 is 0 Å². The fourth-order valence-electron chi connectivity index (χ4n) is 1.56. The minimum Gasteiger partial charge on any atom is -0.461 e. The normalized spacial score (nSPS) is 10.1. The molecule has 0 aliphatic rings. The molecule has 0 unspecified atom stereocenters. The van der Waals surface area contributed by atoms with Gasteiger partial charge in [-0.2, -0.15) is 0 Å². The molecule has 1 aromatic carbocycles. The summed E-state index contributed by atoms with van der Waals surface area (Å²) in [4.78, 5) is 11.4. The first-order valence-electron chi connectivity index (χ1n) is 5.93. The predicted octanol–water partition coefficient (Wildman–Crippen LogP) is 3.62. The van der Waals surface area contributed by atoms with Crippen LogP contribution in [0.4, 0.5) is 0 Å². The lowest BCUT2D eigenvalue weighted by Gasteiger charge is -2.05. The average molecular weight is 220 g/mol. The molecule has 0 N–H and O–H groups in total. The Hall–Kier alpha value is -1.31. The van der Waals surface area contributed by atoms with Crippen molar-refractivity contribution in [2.75, 3.05) is 0 Å². The molecule has 0 fully saturated rings. The summed E-state index contributed by atoms with van der Waals surface area (Å²) in [5.41, 5.74) is 2.25. The SMILES string of the molecule is CCCCCC(=O)OCc1cccc(C)c1. The van der Waals surface area contributed by atoms with E-state index >= 15 is 0 Å². The lowest BCUT2D eigenvalue weighted by molar-refractivity contribution is -0.145. The van der Waals surface area contributed by atoms with Crippen LogP contribution in [0.3, 0.4) is 0 Å². The summed E-state index contributed by atoms with van der Waals surface area (Å²) in [5, 5.41) is 0. The predicted molar refractivity (Wildman–Crippen MR) is 65.1 cm³/mol. The maximum absolute atomic E-state index is 11.4. The van der Waals surface area contributed by atoms with E-state index in [2.05, 4.69) is 6.92 Å². The topological polar surface area (TPSA) is 26.3 Å². The highest BCUT2D eigenvalue weighted by Gasteiger charge is 2.02. The van der Waals surface area contributed by atoms with Crippen LogP contribution >= 0.6 is 0 Å². The van der Waals surface area contributed by atoms with Crippen LogP contribution in [-0.4, -0.2) is 5.97 Å². The molecule has 16 heavy (non-hydrogen) atoms. The lowest BCUT2D eigenvalue weighted by Crippen LogP contribution is -2.04. The molecule has 0 bridgehead atoms. The van der Waals surface area contributed by atoms with Gasteiger partial charge in [-0.1, -0.05) is 49.6 Å². The molecular formula is C14H20O2. The number of rotatable bonds is 6. The van der Waals surface area contributed by atoms with Crippen molar-refractivity contribution in [2.45, 2.75) is 46.1 Å². The summed E-state index contributed by atoms with van der Waals surface area (Å²) in [6.45, 7) is 4.55. The number of ether oxygens (including phenoxy) is 1. The fraction of sp³-hybridized carbons (Fsp3) is 0.500. The second-order valence-electron chi connectivity index (χ2n) is 4.11. The molecule has 0 aromatic heterocycles. The first kappa shape index (κ1) is 12.8. The van der Waals surface area contributed by atoms with Crippen molar-refractivity contribution >= 4 is 5.97 Å². The fourth-order valence-corrected chi connectivity index (χ4v) is 1.56. The third kappa shape index (κ3) is 4.96. The first-order valence-corrected chi connectivity index (χ1v) is 5.93. The molecule has 0 spiro atoms. The van der Waals surface area contributed by atoms with Crippen LogP contribution in [0.5, 0.6) is 0 Å². The standard InChI is InChI=1S/C14H20O2/c1-3-4-5-9-14(15)16-11-13-8-6-7-12(2)10-13/h6-8,10H,3-5,9,11H2,1-2H3. The summed E-state index contributed by atoms with van der Waals surface area (Å²) >= 11 is 0. The van der Waals surface area contributed by atoms with Gasteiger partial charge in [0.25, 0.3) is 0 Å². The van der Waals surface area contributed by atoms with Crippen LogP contribution in [-0.2, 0) is 16.1 Å². The third-order valence-electron chi connectivity index (χ3n) is 2.47. The molecule has 0 aliphatic heterocycles. The van der Waals surface area contributed by atoms with Gasteiger partial charge in [-0.15, -0.1) is 0 Å². The molecule has 88 valence electrons. The zero-order chi connectivity index (χ0) is 11.8. The van der Waals surface area contributed by atoms with E-state index in [4.69, 9.17) is 4.74 Å². The highest BCUT2D eigenvalue weighted by Crippen LogP contribution is 2.07. The Balaban J connectivity index is 2.26. The molecule has 1 aromatic rings. The molecule has 0 heterocycles. The number of aryl methyl sites for hydroxylation is 1. The third-order valence-corrected chi connectivity index (χ3v) is 2.47. The van der Waals surface area contributed by atoms with E-state index in [1.807, 2.05) is 31.2 Å². The molecule has 0 aliphatic carbocycles. The summed E-state index contributed by atoms with van der Waals surface area (Å²) in [6.07, 6.45) is 3.70. The van der Waals surface area contributed by atoms with Gasteiger partial charge in [0.2, 0.25) is 0 Å². The minimum absolute atomic E-state index is 0.0880. The zero-order valence-electron chi connectivity index (χ0n) is 10.2. The van der Waals surface area contributed by atoms with Crippen molar-refractivity contribution in [3.05, 3.63) is 35.4 Å². The second-order valence-corrected chi connectivity index (χ2v) is 4.11. The molecular weight excluding hydrogens is 200 g/mol. The number of hydrogen-bond donors (Lipinski definition) is 0. The average Bonchev–Trinajstić information content (AvgIpc) is 2.27. The summed E-state index contributed by atoms with van der Waals surface area (Å²) in [7, 11) is 0. The molecule has 2 nitrogen and oxygen atoms in total. The van der Waals surface area contributed by atoms with Crippen LogP contribution in [0.1, 0.15) is 43.7 Å². The number of benzene rings is 1. The van der Waals surface area contributed by atoms with Gasteiger partial charge in [0, 0.05) is 6.42 Å². The number of unbranched alkanes of at least 4 members (excludes halogenated alkanes) is 2. The molecule has 0 amide bonds. The number of carbonyl (C=O) groups is 1. The van der Waals surface area contributed by atoms with E-state index in [-0.39, 0.29) is 5.97 Å². The van der Waals surface area contributed by atoms with Crippen molar-refractivity contribution < 1.29 is 9.53 Å². The molecule has 0 radical (unpaired) electrons. The van der Waals surface area contributed by atoms with Gasteiger partial charge < -0.3 is 4.74 Å². The number of carbonyl (C=O) groups excluding carboxylic acids is 1. The van der Waals surface area contributed by atoms with E-state index in [0.29, 0.717) is 13.0 Å². The van der Waals surface area contributed by atoms with Gasteiger partial charge in [-0.05, 0) is 18.9 Å². The van der Waals surface area contributed by atoms with Crippen LogP contribution < -0.4 is 0 Å². The molecule has 1 rings (SSSR count). The van der Waals surface area contributed by atoms with Gasteiger partial charge in [0.15, 0.2) is 0 Å². The maximum Gasteiger partial charge on any atom is 0.306 e. The Morgan fingerprint density at radius 3 is 2.81 bits per heavy atom. The van der Waals surface area contributed by atoms with Crippen molar-refractivity contribution in [2.24, 2.45) is 0 Å². The largest absolute Gasteiger partial charge is 0.461 e. The Bertz CT molecular complexity index is 331. The summed E-state index contributed by atoms with van der Waals surface area (Å²) in [6, 6.07) is 8.04. The van der Waals surface area contributed by atoms with Crippen molar-refractivity contribution in [1.82, 2.24) is 0 Å². The lowest BCUT2D eigenvalue weighted by atomic mass is 10.1. The molecule has 0 atom stereocenters. The second kappa shape index (κ2) is 7.04. The van der Waals surface area contributed by atoms with Gasteiger partial charge in [-0.3, -0.25) is 4.79 Å². The van der Waals surface area contributed by atoms with Gasteiger partial charge in [0.1, 0.15) is 6.61 Å². The quantitative estimate of drug-likeness (QED) is 0.540. The number of esters is 1. The van der Waals surface area contributed by atoms with Crippen LogP contribution in [0, 0.1) is 6.92 Å². The van der Waals surface area contributed by atoms with Gasteiger partial charge in [0.05, 0.1) is 0 Å². The highest BCUT2D eigenvalue weighted by molar-refractivity contribution is 5.69. The van der Waals surface area contributed by atoms with E-state index in [1.54, 1.807) is 0 Å². The minimum atomic E-state index is -0.0880. The maximum atomic E-state index is 11.4. The first-order chi connectivity index (χ1) is 7.72. The molecule has 0 saturated heterocycles. The number of hydrogen-bond acceptors (Lipinski definition) is 2. The van der Waals surface area contributed by atoms with E-state index in [9.17, 15) is 4.79 Å². The van der Waals surface area contributed by atoms with Gasteiger partial charge >= 0.3 is 5.97 Å². The highest BCUT2D eigenvalue weighted by atomic mass is 16.5. The van der Waals surface area contributed by atoms with E-state index in [1.165, 1.54) is 5.56 Å². The smallest absolute Gasteiger partial charge is 0.306 e. The van der Waals surface area contributed by atoms with Crippen LogP contribution in [0.2, 0.25) is 0 Å². The Morgan fingerprint density at radius 1 is 1.31 bits per heavy atom.